The third-order valence-electron chi connectivity index (χ3n) is 4.17. The number of anilines is 2. The maximum atomic E-state index is 12.5. The number of hydrogen-bond acceptors (Lipinski definition) is 2. The molecule has 0 saturated heterocycles. The van der Waals surface area contributed by atoms with Crippen molar-refractivity contribution in [1.29, 1.82) is 0 Å². The predicted molar refractivity (Wildman–Crippen MR) is 75.5 cm³/mol. The van der Waals surface area contributed by atoms with Gasteiger partial charge in [-0.25, -0.2) is 0 Å². The van der Waals surface area contributed by atoms with E-state index in [1.54, 1.807) is 4.90 Å². The van der Waals surface area contributed by atoms with Crippen LogP contribution in [0.15, 0.2) is 48.5 Å². The molecule has 0 unspecified atom stereocenters. The van der Waals surface area contributed by atoms with Crippen LogP contribution in [0.1, 0.15) is 17.0 Å². The van der Waals surface area contributed by atoms with Gasteiger partial charge in [-0.3, -0.25) is 4.79 Å². The van der Waals surface area contributed by atoms with E-state index >= 15 is 0 Å². The Balaban J connectivity index is 1.98. The zero-order chi connectivity index (χ0) is 13.0. The Morgan fingerprint density at radius 1 is 1.00 bits per heavy atom. The molecule has 2 aliphatic heterocycles. The Morgan fingerprint density at radius 2 is 1.68 bits per heavy atom. The van der Waals surface area contributed by atoms with Crippen molar-refractivity contribution in [1.82, 2.24) is 0 Å². The average Bonchev–Trinajstić information content (AvgIpc) is 2.84. The van der Waals surface area contributed by atoms with Crippen LogP contribution in [0.3, 0.4) is 0 Å². The molecule has 3 heteroatoms. The zero-order valence-electron chi connectivity index (χ0n) is 10.6. The topological polar surface area (TPSA) is 32.3 Å². The Morgan fingerprint density at radius 3 is 2.53 bits per heavy atom. The van der Waals surface area contributed by atoms with E-state index in [2.05, 4.69) is 17.4 Å². The molecule has 2 heterocycles. The third-order valence-corrected chi connectivity index (χ3v) is 4.17. The molecule has 0 bridgehead atoms. The highest BCUT2D eigenvalue weighted by molar-refractivity contribution is 6.04. The number of hydrogen-bond donors (Lipinski definition) is 1. The fraction of sp³-hybridized carbons (Fsp3) is 0.188. The van der Waals surface area contributed by atoms with E-state index in [9.17, 15) is 4.79 Å². The molecule has 0 aromatic heterocycles. The first-order valence-electron chi connectivity index (χ1n) is 6.49. The summed E-state index contributed by atoms with van der Waals surface area (Å²) >= 11 is 0. The minimum atomic E-state index is -0.169. The van der Waals surface area contributed by atoms with Gasteiger partial charge in [0.25, 0.3) is 0 Å². The van der Waals surface area contributed by atoms with Crippen LogP contribution < -0.4 is 10.2 Å². The maximum Gasteiger partial charge on any atom is 0.250 e. The largest absolute Gasteiger partial charge is 0.373 e. The lowest BCUT2D eigenvalue weighted by atomic mass is 9.83. The van der Waals surface area contributed by atoms with Gasteiger partial charge in [0.2, 0.25) is 5.91 Å². The fourth-order valence-electron chi connectivity index (χ4n) is 3.26. The summed E-state index contributed by atoms with van der Waals surface area (Å²) in [7, 11) is 1.85. The molecule has 2 aliphatic rings. The Kier molecular flexibility index (Phi) is 2.01. The average molecular weight is 250 g/mol. The van der Waals surface area contributed by atoms with Crippen LogP contribution in [-0.4, -0.2) is 19.0 Å². The number of amides is 1. The first-order chi connectivity index (χ1) is 9.27. The van der Waals surface area contributed by atoms with Crippen molar-refractivity contribution in [3.8, 4) is 0 Å². The van der Waals surface area contributed by atoms with E-state index in [0.29, 0.717) is 0 Å². The highest BCUT2D eigenvalue weighted by Gasteiger charge is 2.44. The normalized spacial score (nSPS) is 23.4. The maximum absolute atomic E-state index is 12.5. The lowest BCUT2D eigenvalue weighted by Crippen LogP contribution is -2.46. The van der Waals surface area contributed by atoms with Gasteiger partial charge in [0, 0.05) is 24.3 Å². The Bertz CT molecular complexity index is 680. The highest BCUT2D eigenvalue weighted by atomic mass is 16.2. The van der Waals surface area contributed by atoms with Crippen LogP contribution in [0.5, 0.6) is 0 Å². The van der Waals surface area contributed by atoms with Gasteiger partial charge in [-0.05, 0) is 23.3 Å². The van der Waals surface area contributed by atoms with Crippen LogP contribution in [0.2, 0.25) is 0 Å². The molecule has 3 nitrogen and oxygen atoms in total. The van der Waals surface area contributed by atoms with Gasteiger partial charge in [0.1, 0.15) is 6.04 Å². The zero-order valence-corrected chi connectivity index (χ0v) is 10.6. The fourth-order valence-corrected chi connectivity index (χ4v) is 3.26. The number of likely N-dealkylation sites (N-methyl/N-ethyl adjacent to an activating group) is 1. The van der Waals surface area contributed by atoms with E-state index in [-0.39, 0.29) is 17.9 Å². The van der Waals surface area contributed by atoms with Gasteiger partial charge >= 0.3 is 0 Å². The summed E-state index contributed by atoms with van der Waals surface area (Å²) in [6, 6.07) is 16.2. The molecule has 0 fully saturated rings. The number of nitrogens with one attached hydrogen (secondary N) is 1. The molecular weight excluding hydrogens is 236 g/mol. The molecule has 19 heavy (non-hydrogen) atoms. The third kappa shape index (κ3) is 1.30. The minimum Gasteiger partial charge on any atom is -0.373 e. The van der Waals surface area contributed by atoms with E-state index < -0.39 is 0 Å². The van der Waals surface area contributed by atoms with E-state index in [1.165, 1.54) is 11.1 Å². The lowest BCUT2D eigenvalue weighted by molar-refractivity contribution is -0.119. The Hall–Kier alpha value is -2.29. The Labute approximate surface area is 111 Å². The molecular formula is C16H14N2O. The van der Waals surface area contributed by atoms with Gasteiger partial charge in [-0.2, -0.15) is 0 Å². The number of fused-ring (bicyclic) bond motifs is 5. The van der Waals surface area contributed by atoms with Gasteiger partial charge in [-0.15, -0.1) is 0 Å². The van der Waals surface area contributed by atoms with E-state index in [1.807, 2.05) is 43.4 Å². The quantitative estimate of drug-likeness (QED) is 0.779. The summed E-state index contributed by atoms with van der Waals surface area (Å²) in [5.74, 6) is 0.274. The highest BCUT2D eigenvalue weighted by Crippen LogP contribution is 2.46. The van der Waals surface area contributed by atoms with Crippen LogP contribution in [0.25, 0.3) is 0 Å². The molecule has 1 N–H and O–H groups in total. The molecule has 2 aromatic rings. The van der Waals surface area contributed by atoms with Crippen molar-refractivity contribution in [2.75, 3.05) is 17.3 Å². The molecule has 0 aliphatic carbocycles. The second-order valence-corrected chi connectivity index (χ2v) is 5.14. The molecule has 2 atom stereocenters. The number of rotatable bonds is 0. The molecule has 2 aromatic carbocycles. The van der Waals surface area contributed by atoms with Crippen molar-refractivity contribution in [3.05, 3.63) is 59.7 Å². The second-order valence-electron chi connectivity index (χ2n) is 5.14. The van der Waals surface area contributed by atoms with E-state index in [0.717, 1.165) is 11.4 Å². The van der Waals surface area contributed by atoms with Gasteiger partial charge < -0.3 is 10.2 Å². The molecule has 0 radical (unpaired) electrons. The molecule has 94 valence electrons. The first-order valence-corrected chi connectivity index (χ1v) is 6.49. The number of carbonyl (C=O) groups excluding carboxylic acids is 1. The summed E-state index contributed by atoms with van der Waals surface area (Å²) in [5.41, 5.74) is 4.55. The monoisotopic (exact) mass is 250 g/mol. The van der Waals surface area contributed by atoms with Crippen molar-refractivity contribution in [3.63, 3.8) is 0 Å². The molecule has 4 rings (SSSR count). The number of carbonyl (C=O) groups is 1. The second kappa shape index (κ2) is 3.60. The SMILES string of the molecule is CN1C(=O)[C@@H]2Nc3ccccc3[C@@H]2c2ccccc21. The van der Waals surface area contributed by atoms with Crippen LogP contribution >= 0.6 is 0 Å². The lowest BCUT2D eigenvalue weighted by Gasteiger charge is -2.34. The van der Waals surface area contributed by atoms with Gasteiger partial charge in [0.15, 0.2) is 0 Å². The minimum absolute atomic E-state index is 0.135. The smallest absolute Gasteiger partial charge is 0.250 e. The number of para-hydroxylation sites is 2. The van der Waals surface area contributed by atoms with E-state index in [4.69, 9.17) is 0 Å². The van der Waals surface area contributed by atoms with Crippen molar-refractivity contribution in [2.45, 2.75) is 12.0 Å². The molecule has 0 spiro atoms. The predicted octanol–water partition coefficient (Wildman–Crippen LogP) is 2.59. The van der Waals surface area contributed by atoms with Crippen LogP contribution in [-0.2, 0) is 4.79 Å². The van der Waals surface area contributed by atoms with Crippen LogP contribution in [0, 0.1) is 0 Å². The van der Waals surface area contributed by atoms with Crippen molar-refractivity contribution >= 4 is 17.3 Å². The van der Waals surface area contributed by atoms with Gasteiger partial charge in [0.05, 0.1) is 0 Å². The number of nitrogens with zero attached hydrogens (tertiary/aromatic N) is 1. The summed E-state index contributed by atoms with van der Waals surface area (Å²) in [6.45, 7) is 0. The summed E-state index contributed by atoms with van der Waals surface area (Å²) in [6.07, 6.45) is 0. The van der Waals surface area contributed by atoms with Crippen LogP contribution in [0.4, 0.5) is 11.4 Å². The standard InChI is InChI=1S/C16H14N2O/c1-18-13-9-5-3-7-11(13)14-10-6-2-4-8-12(10)17-15(14)16(18)19/h2-9,14-15,17H,1H3/t14-,15-/m1/s1. The molecule has 1 amide bonds. The van der Waals surface area contributed by atoms with Crippen molar-refractivity contribution < 1.29 is 4.79 Å². The van der Waals surface area contributed by atoms with Gasteiger partial charge in [-0.1, -0.05) is 36.4 Å². The summed E-state index contributed by atoms with van der Waals surface area (Å²) in [4.78, 5) is 14.3. The van der Waals surface area contributed by atoms with Crippen molar-refractivity contribution in [2.24, 2.45) is 0 Å². The first kappa shape index (κ1) is 10.6. The summed E-state index contributed by atoms with van der Waals surface area (Å²) < 4.78 is 0. The number of benzene rings is 2. The summed E-state index contributed by atoms with van der Waals surface area (Å²) in [5, 5.41) is 3.37. The molecule has 0 saturated carbocycles.